The van der Waals surface area contributed by atoms with Gasteiger partial charge in [0, 0.05) is 32.1 Å². The van der Waals surface area contributed by atoms with Crippen LogP contribution in [0.4, 0.5) is 5.69 Å². The molecule has 1 saturated carbocycles. The van der Waals surface area contributed by atoms with Gasteiger partial charge in [-0.25, -0.2) is 0 Å². The van der Waals surface area contributed by atoms with Gasteiger partial charge in [0.2, 0.25) is 5.91 Å². The minimum atomic E-state index is 0.281. The molecule has 0 spiro atoms. The largest absolute Gasteiger partial charge is 0.369 e. The number of hydrogen-bond donors (Lipinski definition) is 0. The van der Waals surface area contributed by atoms with Crippen LogP contribution in [-0.4, -0.2) is 37.0 Å². The van der Waals surface area contributed by atoms with E-state index in [4.69, 9.17) is 0 Å². The lowest BCUT2D eigenvalue weighted by molar-refractivity contribution is -0.137. The van der Waals surface area contributed by atoms with Crippen molar-refractivity contribution in [3.05, 3.63) is 29.8 Å². The van der Waals surface area contributed by atoms with Gasteiger partial charge in [0.15, 0.2) is 0 Å². The number of anilines is 1. The van der Waals surface area contributed by atoms with Gasteiger partial charge in [-0.15, -0.1) is 0 Å². The molecule has 1 aromatic carbocycles. The standard InChI is InChI=1S/C17H21N3O/c18-13-15-5-1-2-8-16(15)19-9-4-10-20(12-11-19)17(21)14-6-3-7-14/h1-2,5,8,14H,3-4,6-7,9-12H2. The molecule has 4 heteroatoms. The highest BCUT2D eigenvalue weighted by Gasteiger charge is 2.30. The predicted molar refractivity (Wildman–Crippen MR) is 81.9 cm³/mol. The molecule has 0 atom stereocenters. The van der Waals surface area contributed by atoms with E-state index in [-0.39, 0.29) is 5.92 Å². The lowest BCUT2D eigenvalue weighted by Gasteiger charge is -2.31. The topological polar surface area (TPSA) is 47.3 Å². The minimum absolute atomic E-state index is 0.281. The van der Waals surface area contributed by atoms with Crippen molar-refractivity contribution in [3.8, 4) is 6.07 Å². The normalized spacial score (nSPS) is 19.6. The number of benzene rings is 1. The molecule has 4 nitrogen and oxygen atoms in total. The predicted octanol–water partition coefficient (Wildman–Crippen LogP) is 2.40. The van der Waals surface area contributed by atoms with Crippen molar-refractivity contribution in [2.24, 2.45) is 5.92 Å². The SMILES string of the molecule is N#Cc1ccccc1N1CCCN(C(=O)C2CCC2)CC1. The van der Waals surface area contributed by atoms with Crippen molar-refractivity contribution < 1.29 is 4.79 Å². The third-order valence-corrected chi connectivity index (χ3v) is 4.63. The van der Waals surface area contributed by atoms with Crippen LogP contribution < -0.4 is 4.90 Å². The van der Waals surface area contributed by atoms with Gasteiger partial charge in [0.1, 0.15) is 6.07 Å². The number of nitrogens with zero attached hydrogens (tertiary/aromatic N) is 3. The third-order valence-electron chi connectivity index (χ3n) is 4.63. The van der Waals surface area contributed by atoms with Crippen molar-refractivity contribution >= 4 is 11.6 Å². The summed E-state index contributed by atoms with van der Waals surface area (Å²) in [6.45, 7) is 3.35. The first-order chi connectivity index (χ1) is 10.3. The maximum Gasteiger partial charge on any atom is 0.225 e. The first-order valence-corrected chi connectivity index (χ1v) is 7.82. The van der Waals surface area contributed by atoms with E-state index in [0.717, 1.165) is 56.7 Å². The average molecular weight is 283 g/mol. The zero-order chi connectivity index (χ0) is 14.7. The molecule has 1 aliphatic carbocycles. The lowest BCUT2D eigenvalue weighted by Crippen LogP contribution is -2.41. The summed E-state index contributed by atoms with van der Waals surface area (Å²) in [6, 6.07) is 9.99. The maximum absolute atomic E-state index is 12.4. The minimum Gasteiger partial charge on any atom is -0.369 e. The summed E-state index contributed by atoms with van der Waals surface area (Å²) in [5, 5.41) is 9.23. The summed E-state index contributed by atoms with van der Waals surface area (Å²) in [6.07, 6.45) is 4.30. The van der Waals surface area contributed by atoms with Crippen LogP contribution in [0.1, 0.15) is 31.2 Å². The Bertz CT molecular complexity index is 559. The molecule has 0 bridgehead atoms. The maximum atomic E-state index is 12.4. The molecule has 0 aromatic heterocycles. The quantitative estimate of drug-likeness (QED) is 0.837. The van der Waals surface area contributed by atoms with Crippen molar-refractivity contribution in [1.82, 2.24) is 4.90 Å². The highest BCUT2D eigenvalue weighted by Crippen LogP contribution is 2.29. The van der Waals surface area contributed by atoms with Crippen LogP contribution in [0.15, 0.2) is 24.3 Å². The van der Waals surface area contributed by atoms with Crippen LogP contribution in [-0.2, 0) is 4.79 Å². The fourth-order valence-electron chi connectivity index (χ4n) is 3.14. The molecule has 2 aliphatic rings. The summed E-state index contributed by atoms with van der Waals surface area (Å²) < 4.78 is 0. The van der Waals surface area contributed by atoms with Gasteiger partial charge in [-0.1, -0.05) is 18.6 Å². The molecule has 1 aliphatic heterocycles. The van der Waals surface area contributed by atoms with Crippen LogP contribution >= 0.6 is 0 Å². The van der Waals surface area contributed by atoms with Crippen molar-refractivity contribution in [3.63, 3.8) is 0 Å². The van der Waals surface area contributed by atoms with Gasteiger partial charge >= 0.3 is 0 Å². The van der Waals surface area contributed by atoms with E-state index in [9.17, 15) is 10.1 Å². The Morgan fingerprint density at radius 3 is 2.62 bits per heavy atom. The molecule has 1 saturated heterocycles. The fraction of sp³-hybridized carbons (Fsp3) is 0.529. The van der Waals surface area contributed by atoms with Crippen LogP contribution in [0.2, 0.25) is 0 Å². The second kappa shape index (κ2) is 6.17. The van der Waals surface area contributed by atoms with E-state index >= 15 is 0 Å². The van der Waals surface area contributed by atoms with Gasteiger partial charge in [0.25, 0.3) is 0 Å². The molecule has 1 amide bonds. The summed E-state index contributed by atoms with van der Waals surface area (Å²) in [7, 11) is 0. The summed E-state index contributed by atoms with van der Waals surface area (Å²) in [5.41, 5.74) is 1.72. The second-order valence-corrected chi connectivity index (χ2v) is 5.92. The van der Waals surface area contributed by atoms with Crippen molar-refractivity contribution in [2.45, 2.75) is 25.7 Å². The molecule has 3 rings (SSSR count). The summed E-state index contributed by atoms with van der Waals surface area (Å²) in [4.78, 5) is 16.6. The molecule has 2 fully saturated rings. The molecular formula is C17H21N3O. The van der Waals surface area contributed by atoms with E-state index in [2.05, 4.69) is 11.0 Å². The number of rotatable bonds is 2. The fourth-order valence-corrected chi connectivity index (χ4v) is 3.14. The van der Waals surface area contributed by atoms with Crippen LogP contribution in [0.3, 0.4) is 0 Å². The van der Waals surface area contributed by atoms with E-state index in [1.807, 2.05) is 29.2 Å². The molecule has 0 unspecified atom stereocenters. The van der Waals surface area contributed by atoms with Gasteiger partial charge in [-0.3, -0.25) is 4.79 Å². The third kappa shape index (κ3) is 2.87. The Kier molecular flexibility index (Phi) is 4.10. The Balaban J connectivity index is 1.68. The Morgan fingerprint density at radius 1 is 1.10 bits per heavy atom. The average Bonchev–Trinajstić information content (AvgIpc) is 2.71. The zero-order valence-corrected chi connectivity index (χ0v) is 12.3. The monoisotopic (exact) mass is 283 g/mol. The van der Waals surface area contributed by atoms with Gasteiger partial charge < -0.3 is 9.80 Å². The number of carbonyl (C=O) groups is 1. The Morgan fingerprint density at radius 2 is 1.90 bits per heavy atom. The van der Waals surface area contributed by atoms with Crippen molar-refractivity contribution in [1.29, 1.82) is 5.26 Å². The number of para-hydroxylation sites is 1. The van der Waals surface area contributed by atoms with Crippen LogP contribution in [0.25, 0.3) is 0 Å². The molecule has 110 valence electrons. The van der Waals surface area contributed by atoms with Crippen LogP contribution in [0, 0.1) is 17.2 Å². The van der Waals surface area contributed by atoms with E-state index in [0.29, 0.717) is 5.91 Å². The number of carbonyl (C=O) groups excluding carboxylic acids is 1. The van der Waals surface area contributed by atoms with E-state index < -0.39 is 0 Å². The Hall–Kier alpha value is -2.02. The van der Waals surface area contributed by atoms with Gasteiger partial charge in [-0.05, 0) is 31.4 Å². The first kappa shape index (κ1) is 13.9. The highest BCUT2D eigenvalue weighted by molar-refractivity contribution is 5.79. The Labute approximate surface area is 126 Å². The second-order valence-electron chi connectivity index (χ2n) is 5.92. The smallest absolute Gasteiger partial charge is 0.225 e. The lowest BCUT2D eigenvalue weighted by atomic mass is 9.84. The first-order valence-electron chi connectivity index (χ1n) is 7.82. The molecule has 21 heavy (non-hydrogen) atoms. The van der Waals surface area contributed by atoms with Gasteiger partial charge in [-0.2, -0.15) is 5.26 Å². The zero-order valence-electron chi connectivity index (χ0n) is 12.3. The number of amides is 1. The highest BCUT2D eigenvalue weighted by atomic mass is 16.2. The molecular weight excluding hydrogens is 262 g/mol. The van der Waals surface area contributed by atoms with Gasteiger partial charge in [0.05, 0.1) is 11.3 Å². The molecule has 1 heterocycles. The summed E-state index contributed by atoms with van der Waals surface area (Å²) >= 11 is 0. The molecule has 1 aromatic rings. The summed E-state index contributed by atoms with van der Waals surface area (Å²) in [5.74, 6) is 0.625. The number of hydrogen-bond acceptors (Lipinski definition) is 3. The molecule has 0 radical (unpaired) electrons. The van der Waals surface area contributed by atoms with Crippen molar-refractivity contribution in [2.75, 3.05) is 31.1 Å². The molecule has 0 N–H and O–H groups in total. The van der Waals surface area contributed by atoms with Crippen LogP contribution in [0.5, 0.6) is 0 Å². The number of nitriles is 1. The van der Waals surface area contributed by atoms with E-state index in [1.54, 1.807) is 0 Å². The van der Waals surface area contributed by atoms with E-state index in [1.165, 1.54) is 6.42 Å².